The first kappa shape index (κ1) is 29.8. The van der Waals surface area contributed by atoms with Crippen molar-refractivity contribution in [2.45, 2.75) is 84.2 Å². The van der Waals surface area contributed by atoms with E-state index in [0.29, 0.717) is 23.9 Å². The summed E-state index contributed by atoms with van der Waals surface area (Å²) in [7, 11) is 4.14. The van der Waals surface area contributed by atoms with Gasteiger partial charge in [-0.25, -0.2) is 0 Å². The van der Waals surface area contributed by atoms with Crippen LogP contribution in [0, 0.1) is 19.8 Å². The maximum absolute atomic E-state index is 11.9. The Morgan fingerprint density at radius 3 is 1.91 bits per heavy atom. The van der Waals surface area contributed by atoms with Gasteiger partial charge in [-0.15, -0.1) is 0 Å². The van der Waals surface area contributed by atoms with Crippen molar-refractivity contribution in [2.24, 2.45) is 5.92 Å². The average molecular weight is 474 g/mol. The minimum absolute atomic E-state index is 0.368. The molecule has 1 aromatic carbocycles. The van der Waals surface area contributed by atoms with E-state index in [9.17, 15) is 9.59 Å². The number of piperidine rings is 2. The number of carbonyl (C=O) groups is 3. The Morgan fingerprint density at radius 1 is 0.971 bits per heavy atom. The van der Waals surface area contributed by atoms with E-state index >= 15 is 0 Å². The van der Waals surface area contributed by atoms with Crippen LogP contribution in [-0.2, 0) is 14.4 Å². The zero-order chi connectivity index (χ0) is 25.5. The third kappa shape index (κ3) is 11.8. The molecule has 192 valence electrons. The Balaban J connectivity index is 0.000000262. The Hall–Kier alpha value is -2.21. The highest BCUT2D eigenvalue weighted by atomic mass is 16.2. The number of nitrogens with zero attached hydrogens (tertiary/aromatic N) is 3. The van der Waals surface area contributed by atoms with Crippen molar-refractivity contribution in [3.8, 4) is 0 Å². The summed E-state index contributed by atoms with van der Waals surface area (Å²) in [4.78, 5) is 36.4. The minimum atomic E-state index is 0.368. The van der Waals surface area contributed by atoms with Gasteiger partial charge in [0.05, 0.1) is 0 Å². The molecule has 0 radical (unpaired) electrons. The smallest absolute Gasteiger partial charge is 0.222 e. The molecule has 1 atom stereocenters. The van der Waals surface area contributed by atoms with E-state index in [4.69, 9.17) is 4.79 Å². The molecule has 0 N–H and O–H groups in total. The van der Waals surface area contributed by atoms with Gasteiger partial charge in [0.1, 0.15) is 6.79 Å². The summed E-state index contributed by atoms with van der Waals surface area (Å²) in [6.45, 7) is 11.5. The lowest BCUT2D eigenvalue weighted by Gasteiger charge is -2.35. The molecule has 2 aliphatic heterocycles. The van der Waals surface area contributed by atoms with Crippen molar-refractivity contribution >= 4 is 19.1 Å². The second kappa shape index (κ2) is 16.4. The van der Waals surface area contributed by atoms with Gasteiger partial charge in [0.25, 0.3) is 0 Å². The molecule has 2 amide bonds. The van der Waals surface area contributed by atoms with Gasteiger partial charge in [0.15, 0.2) is 0 Å². The molecule has 2 saturated heterocycles. The monoisotopic (exact) mass is 473 g/mol. The molecular formula is C28H47N3O3. The summed E-state index contributed by atoms with van der Waals surface area (Å²) in [5.74, 6) is 1.08. The largest absolute Gasteiger partial charge is 0.343 e. The van der Waals surface area contributed by atoms with E-state index in [1.54, 1.807) is 0 Å². The predicted octanol–water partition coefficient (Wildman–Crippen LogP) is 4.47. The fourth-order valence-electron chi connectivity index (χ4n) is 4.21. The highest BCUT2D eigenvalue weighted by Crippen LogP contribution is 2.33. The van der Waals surface area contributed by atoms with Crippen LogP contribution in [0.25, 0.3) is 0 Å². The predicted molar refractivity (Wildman–Crippen MR) is 140 cm³/mol. The van der Waals surface area contributed by atoms with Gasteiger partial charge in [-0.2, -0.15) is 0 Å². The molecule has 1 saturated carbocycles. The number of hydrogen-bond donors (Lipinski definition) is 0. The molecule has 6 heteroatoms. The normalized spacial score (nSPS) is 20.4. The molecule has 0 unspecified atom stereocenters. The summed E-state index contributed by atoms with van der Waals surface area (Å²) in [6, 6.07) is 9.46. The maximum atomic E-state index is 11.9. The lowest BCUT2D eigenvalue weighted by molar-refractivity contribution is -0.133. The van der Waals surface area contributed by atoms with Crippen LogP contribution < -0.4 is 0 Å². The summed E-state index contributed by atoms with van der Waals surface area (Å²) < 4.78 is 0. The van der Waals surface area contributed by atoms with E-state index in [2.05, 4.69) is 57.0 Å². The first-order chi connectivity index (χ1) is 16.3. The standard InChI is InChI=1S/C12H22N2O.C8H10.C7H13NO.CH2O/c1-13-7-5-11(6-8-13)14(2)12(15)9-10-3-4-10;1-7-3-5-8(2)6-4-7;1-7-4-2-3-5-8(7)6-9;1-2/h10-11H,3-9H2,1-2H3;3-6H,1-2H3;6-7H,2-5H2,1H3;1H2/t;;7-;/m..1./s1. The fourth-order valence-corrected chi connectivity index (χ4v) is 4.21. The number of rotatable bonds is 4. The van der Waals surface area contributed by atoms with Crippen LogP contribution >= 0.6 is 0 Å². The highest BCUT2D eigenvalue weighted by Gasteiger charge is 2.29. The zero-order valence-corrected chi connectivity index (χ0v) is 22.2. The van der Waals surface area contributed by atoms with Crippen LogP contribution in [0.2, 0.25) is 0 Å². The molecule has 2 heterocycles. The summed E-state index contributed by atoms with van der Waals surface area (Å²) in [5.41, 5.74) is 2.66. The molecule has 0 spiro atoms. The van der Waals surface area contributed by atoms with E-state index in [-0.39, 0.29) is 0 Å². The highest BCUT2D eigenvalue weighted by molar-refractivity contribution is 5.76. The Morgan fingerprint density at radius 2 is 1.50 bits per heavy atom. The molecule has 4 rings (SSSR count). The van der Waals surface area contributed by atoms with Crippen LogP contribution in [0.4, 0.5) is 0 Å². The topological polar surface area (TPSA) is 60.9 Å². The number of carbonyl (C=O) groups excluding carboxylic acids is 3. The number of hydrogen-bond acceptors (Lipinski definition) is 4. The van der Waals surface area contributed by atoms with Gasteiger partial charge in [-0.05, 0) is 91.8 Å². The van der Waals surface area contributed by atoms with Gasteiger partial charge in [0, 0.05) is 32.1 Å². The Kier molecular flexibility index (Phi) is 14.4. The SMILES string of the molecule is C=O.CN1CCC(N(C)C(=O)CC2CC2)CC1.C[C@@H]1CCCCN1C=O.Cc1ccc(C)cc1. The second-order valence-electron chi connectivity index (χ2n) is 10.0. The van der Waals surface area contributed by atoms with E-state index in [1.165, 1.54) is 43.2 Å². The molecule has 3 aliphatic rings. The minimum Gasteiger partial charge on any atom is -0.343 e. The first-order valence-electron chi connectivity index (χ1n) is 12.8. The van der Waals surface area contributed by atoms with Gasteiger partial charge in [0.2, 0.25) is 12.3 Å². The quantitative estimate of drug-likeness (QED) is 0.605. The lowest BCUT2D eigenvalue weighted by atomic mass is 10.0. The van der Waals surface area contributed by atoms with Crippen molar-refractivity contribution in [1.29, 1.82) is 0 Å². The Bertz CT molecular complexity index is 676. The molecule has 1 aromatic rings. The van der Waals surface area contributed by atoms with E-state index in [0.717, 1.165) is 45.3 Å². The van der Waals surface area contributed by atoms with Gasteiger partial charge in [-0.1, -0.05) is 35.4 Å². The lowest BCUT2D eigenvalue weighted by Crippen LogP contribution is -2.44. The second-order valence-corrected chi connectivity index (χ2v) is 10.0. The average Bonchev–Trinajstić information content (AvgIpc) is 3.67. The van der Waals surface area contributed by atoms with Crippen LogP contribution in [0.1, 0.15) is 69.4 Å². The van der Waals surface area contributed by atoms with Crippen LogP contribution in [0.3, 0.4) is 0 Å². The molecule has 1 aliphatic carbocycles. The van der Waals surface area contributed by atoms with Gasteiger partial charge in [-0.3, -0.25) is 9.59 Å². The van der Waals surface area contributed by atoms with Crippen LogP contribution in [-0.4, -0.2) is 79.6 Å². The molecular weight excluding hydrogens is 426 g/mol. The summed E-state index contributed by atoms with van der Waals surface area (Å²) >= 11 is 0. The van der Waals surface area contributed by atoms with Crippen molar-refractivity contribution in [1.82, 2.24) is 14.7 Å². The van der Waals surface area contributed by atoms with Crippen LogP contribution in [0.5, 0.6) is 0 Å². The zero-order valence-electron chi connectivity index (χ0n) is 22.2. The summed E-state index contributed by atoms with van der Waals surface area (Å²) in [5, 5.41) is 0. The number of likely N-dealkylation sites (tertiary alicyclic amines) is 2. The third-order valence-electron chi connectivity index (χ3n) is 7.00. The number of benzene rings is 1. The maximum Gasteiger partial charge on any atom is 0.222 e. The van der Waals surface area contributed by atoms with Crippen LogP contribution in [0.15, 0.2) is 24.3 Å². The van der Waals surface area contributed by atoms with Crippen molar-refractivity contribution in [2.75, 3.05) is 33.7 Å². The summed E-state index contributed by atoms with van der Waals surface area (Å²) in [6.07, 6.45) is 10.2. The van der Waals surface area contributed by atoms with E-state index < -0.39 is 0 Å². The molecule has 34 heavy (non-hydrogen) atoms. The number of amides is 2. The molecule has 3 fully saturated rings. The molecule has 0 aromatic heterocycles. The molecule has 0 bridgehead atoms. The van der Waals surface area contributed by atoms with Crippen molar-refractivity contribution < 1.29 is 14.4 Å². The van der Waals surface area contributed by atoms with Gasteiger partial charge < -0.3 is 19.5 Å². The van der Waals surface area contributed by atoms with Crippen molar-refractivity contribution in [3.05, 3.63) is 35.4 Å². The third-order valence-corrected chi connectivity index (χ3v) is 7.00. The first-order valence-corrected chi connectivity index (χ1v) is 12.8. The fraction of sp³-hybridized carbons (Fsp3) is 0.679. The number of aryl methyl sites for hydroxylation is 2. The van der Waals surface area contributed by atoms with Gasteiger partial charge >= 0.3 is 0 Å². The Labute approximate surface area is 207 Å². The van der Waals surface area contributed by atoms with Crippen molar-refractivity contribution in [3.63, 3.8) is 0 Å². The van der Waals surface area contributed by atoms with E-state index in [1.807, 2.05) is 23.6 Å². The molecule has 6 nitrogen and oxygen atoms in total.